The van der Waals surface area contributed by atoms with Crippen molar-refractivity contribution < 1.29 is 5.11 Å². The highest BCUT2D eigenvalue weighted by Gasteiger charge is 2.07. The predicted octanol–water partition coefficient (Wildman–Crippen LogP) is 2.72. The van der Waals surface area contributed by atoms with Gasteiger partial charge in [0.25, 0.3) is 0 Å². The number of aliphatic hydroxyl groups is 1. The zero-order valence-corrected chi connectivity index (χ0v) is 9.78. The molecule has 0 radical (unpaired) electrons. The molecule has 4 heteroatoms. The Kier molecular flexibility index (Phi) is 3.27. The largest absolute Gasteiger partial charge is 0.392 e. The van der Waals surface area contributed by atoms with E-state index in [0.29, 0.717) is 5.15 Å². The number of aromatic nitrogens is 2. The van der Waals surface area contributed by atoms with Gasteiger partial charge in [-0.05, 0) is 12.5 Å². The van der Waals surface area contributed by atoms with Crippen molar-refractivity contribution in [1.82, 2.24) is 9.55 Å². The molecule has 1 aromatic heterocycles. The molecule has 2 rings (SSSR count). The molecule has 84 valence electrons. The minimum atomic E-state index is 0.0588. The molecule has 0 amide bonds. The number of aliphatic hydroxyl groups excluding tert-OH is 1. The summed E-state index contributed by atoms with van der Waals surface area (Å²) in [5.74, 6) is 0.858. The molecule has 0 unspecified atom stereocenters. The number of halogens is 1. The van der Waals surface area contributed by atoms with Crippen molar-refractivity contribution in [2.75, 3.05) is 0 Å². The van der Waals surface area contributed by atoms with E-state index in [0.717, 1.165) is 23.5 Å². The van der Waals surface area contributed by atoms with Crippen LogP contribution in [0.3, 0.4) is 0 Å². The van der Waals surface area contributed by atoms with Crippen molar-refractivity contribution >= 4 is 11.6 Å². The van der Waals surface area contributed by atoms with Gasteiger partial charge in [0.2, 0.25) is 0 Å². The molecule has 0 saturated heterocycles. The molecular formula is C12H13ClN2O. The highest BCUT2D eigenvalue weighted by molar-refractivity contribution is 6.29. The third-order valence-corrected chi connectivity index (χ3v) is 2.66. The maximum atomic E-state index is 8.96. The van der Waals surface area contributed by atoms with Crippen LogP contribution in [0.5, 0.6) is 0 Å². The Bertz CT molecular complexity index is 476. The Morgan fingerprint density at radius 1 is 1.31 bits per heavy atom. The fourth-order valence-electron chi connectivity index (χ4n) is 1.61. The van der Waals surface area contributed by atoms with Gasteiger partial charge in [0.15, 0.2) is 0 Å². The molecule has 1 aromatic carbocycles. The lowest BCUT2D eigenvalue weighted by atomic mass is 10.1. The number of imidazole rings is 1. The number of nitrogens with zero attached hydrogens (tertiary/aromatic N) is 2. The Morgan fingerprint density at radius 2 is 2.00 bits per heavy atom. The van der Waals surface area contributed by atoms with E-state index in [9.17, 15) is 0 Å². The lowest BCUT2D eigenvalue weighted by Gasteiger charge is -2.04. The van der Waals surface area contributed by atoms with Gasteiger partial charge in [-0.25, -0.2) is 4.98 Å². The Hall–Kier alpha value is -1.32. The molecule has 0 aliphatic rings. The molecule has 0 fully saturated rings. The maximum absolute atomic E-state index is 8.96. The first-order valence-corrected chi connectivity index (χ1v) is 5.55. The summed E-state index contributed by atoms with van der Waals surface area (Å²) in [6.07, 6.45) is 1.82. The topological polar surface area (TPSA) is 38.0 Å². The van der Waals surface area contributed by atoms with Gasteiger partial charge in [-0.2, -0.15) is 0 Å². The van der Waals surface area contributed by atoms with E-state index in [2.05, 4.69) is 4.98 Å². The second kappa shape index (κ2) is 4.68. The summed E-state index contributed by atoms with van der Waals surface area (Å²) in [5.41, 5.74) is 1.90. The normalized spacial score (nSPS) is 10.7. The van der Waals surface area contributed by atoms with Crippen molar-refractivity contribution in [1.29, 1.82) is 0 Å². The molecule has 1 heterocycles. The number of rotatable bonds is 3. The summed E-state index contributed by atoms with van der Waals surface area (Å²) >= 11 is 5.88. The van der Waals surface area contributed by atoms with Crippen LogP contribution in [0.15, 0.2) is 30.5 Å². The van der Waals surface area contributed by atoms with Crippen molar-refractivity contribution in [3.63, 3.8) is 0 Å². The minimum absolute atomic E-state index is 0.0588. The van der Waals surface area contributed by atoms with Crippen LogP contribution in [0, 0.1) is 0 Å². The van der Waals surface area contributed by atoms with E-state index in [1.807, 2.05) is 42.0 Å². The molecule has 0 aliphatic heterocycles. The Morgan fingerprint density at radius 3 is 2.56 bits per heavy atom. The van der Waals surface area contributed by atoms with E-state index in [1.54, 1.807) is 0 Å². The van der Waals surface area contributed by atoms with E-state index >= 15 is 0 Å². The Labute approximate surface area is 99.3 Å². The van der Waals surface area contributed by atoms with Crippen molar-refractivity contribution in [3.05, 3.63) is 41.2 Å². The number of aryl methyl sites for hydroxylation is 1. The molecular weight excluding hydrogens is 224 g/mol. The first-order valence-electron chi connectivity index (χ1n) is 5.17. The van der Waals surface area contributed by atoms with Gasteiger partial charge in [0.1, 0.15) is 11.0 Å². The zero-order chi connectivity index (χ0) is 11.5. The third-order valence-electron chi connectivity index (χ3n) is 2.48. The lowest BCUT2D eigenvalue weighted by Crippen LogP contribution is -1.96. The SMILES string of the molecule is CCn1cc(Cl)nc1-c1ccc(CO)cc1. The Balaban J connectivity index is 2.41. The van der Waals surface area contributed by atoms with Gasteiger partial charge in [0.05, 0.1) is 6.61 Å². The fourth-order valence-corrected chi connectivity index (χ4v) is 1.81. The molecule has 0 atom stereocenters. The standard InChI is InChI=1S/C12H13ClN2O/c1-2-15-7-11(13)14-12(15)10-5-3-9(8-16)4-6-10/h3-7,16H,2,8H2,1H3. The van der Waals surface area contributed by atoms with E-state index in [4.69, 9.17) is 16.7 Å². The van der Waals surface area contributed by atoms with E-state index in [-0.39, 0.29) is 6.61 Å². The fraction of sp³-hybridized carbons (Fsp3) is 0.250. The summed E-state index contributed by atoms with van der Waals surface area (Å²) in [6.45, 7) is 2.93. The first-order chi connectivity index (χ1) is 7.74. The summed E-state index contributed by atoms with van der Waals surface area (Å²) in [7, 11) is 0. The maximum Gasteiger partial charge on any atom is 0.147 e. The van der Waals surface area contributed by atoms with Gasteiger partial charge in [-0.1, -0.05) is 35.9 Å². The van der Waals surface area contributed by atoms with Crippen molar-refractivity contribution in [2.45, 2.75) is 20.1 Å². The highest BCUT2D eigenvalue weighted by atomic mass is 35.5. The smallest absolute Gasteiger partial charge is 0.147 e. The molecule has 2 aromatic rings. The van der Waals surface area contributed by atoms with Crippen LogP contribution in [0.4, 0.5) is 0 Å². The van der Waals surface area contributed by atoms with Crippen LogP contribution in [-0.2, 0) is 13.2 Å². The number of benzene rings is 1. The molecule has 0 saturated carbocycles. The van der Waals surface area contributed by atoms with Crippen molar-refractivity contribution in [3.8, 4) is 11.4 Å². The van der Waals surface area contributed by atoms with Crippen LogP contribution in [-0.4, -0.2) is 14.7 Å². The minimum Gasteiger partial charge on any atom is -0.392 e. The second-order valence-corrected chi connectivity index (χ2v) is 3.92. The second-order valence-electron chi connectivity index (χ2n) is 3.53. The van der Waals surface area contributed by atoms with Gasteiger partial charge in [-0.15, -0.1) is 0 Å². The average molecular weight is 237 g/mol. The van der Waals surface area contributed by atoms with Crippen molar-refractivity contribution in [2.24, 2.45) is 0 Å². The number of hydrogen-bond acceptors (Lipinski definition) is 2. The van der Waals surface area contributed by atoms with Crippen LogP contribution >= 0.6 is 11.6 Å². The monoisotopic (exact) mass is 236 g/mol. The summed E-state index contributed by atoms with van der Waals surface area (Å²) in [5, 5.41) is 9.46. The first kappa shape index (κ1) is 11.2. The average Bonchev–Trinajstić information content (AvgIpc) is 2.70. The number of hydrogen-bond donors (Lipinski definition) is 1. The quantitative estimate of drug-likeness (QED) is 0.890. The third kappa shape index (κ3) is 2.10. The summed E-state index contributed by atoms with van der Waals surface area (Å²) in [6, 6.07) is 7.66. The molecule has 1 N–H and O–H groups in total. The zero-order valence-electron chi connectivity index (χ0n) is 9.02. The predicted molar refractivity (Wildman–Crippen MR) is 64.3 cm³/mol. The molecule has 3 nitrogen and oxygen atoms in total. The van der Waals surface area contributed by atoms with E-state index in [1.165, 1.54) is 0 Å². The van der Waals surface area contributed by atoms with Gasteiger partial charge in [0, 0.05) is 18.3 Å². The van der Waals surface area contributed by atoms with E-state index < -0.39 is 0 Å². The van der Waals surface area contributed by atoms with Gasteiger partial charge < -0.3 is 9.67 Å². The van der Waals surface area contributed by atoms with Gasteiger partial charge in [-0.3, -0.25) is 0 Å². The van der Waals surface area contributed by atoms with Crippen LogP contribution in [0.25, 0.3) is 11.4 Å². The molecule has 0 bridgehead atoms. The summed E-state index contributed by atoms with van der Waals surface area (Å²) < 4.78 is 2.00. The molecule has 0 spiro atoms. The highest BCUT2D eigenvalue weighted by Crippen LogP contribution is 2.21. The van der Waals surface area contributed by atoms with Crippen LogP contribution in [0.2, 0.25) is 5.15 Å². The molecule has 16 heavy (non-hydrogen) atoms. The van der Waals surface area contributed by atoms with Gasteiger partial charge >= 0.3 is 0 Å². The van der Waals surface area contributed by atoms with Crippen LogP contribution in [0.1, 0.15) is 12.5 Å². The lowest BCUT2D eigenvalue weighted by molar-refractivity contribution is 0.282. The molecule has 0 aliphatic carbocycles. The summed E-state index contributed by atoms with van der Waals surface area (Å²) in [4.78, 5) is 4.27. The van der Waals surface area contributed by atoms with Crippen LogP contribution < -0.4 is 0 Å².